The van der Waals surface area contributed by atoms with Crippen molar-refractivity contribution in [2.45, 2.75) is 46.6 Å². The van der Waals surface area contributed by atoms with Gasteiger partial charge in [-0.05, 0) is 37.8 Å². The average Bonchev–Trinajstić information content (AvgIpc) is 2.20. The first-order chi connectivity index (χ1) is 6.69. The summed E-state index contributed by atoms with van der Waals surface area (Å²) in [5.74, 6) is 1.09. The van der Waals surface area contributed by atoms with Crippen molar-refractivity contribution in [3.05, 3.63) is 29.3 Å². The number of rotatable bonds is 4. The van der Waals surface area contributed by atoms with Crippen molar-refractivity contribution in [3.8, 4) is 5.75 Å². The maximum absolute atomic E-state index is 5.92. The first kappa shape index (κ1) is 11.1. The summed E-state index contributed by atoms with van der Waals surface area (Å²) < 4.78 is 5.92. The molecular formula is C13H20O. The molecule has 1 rings (SSSR count). The van der Waals surface area contributed by atoms with E-state index in [4.69, 9.17) is 4.74 Å². The summed E-state index contributed by atoms with van der Waals surface area (Å²) in [5, 5.41) is 0. The van der Waals surface area contributed by atoms with E-state index in [-0.39, 0.29) is 0 Å². The maximum atomic E-state index is 5.92. The van der Waals surface area contributed by atoms with Gasteiger partial charge in [0, 0.05) is 0 Å². The lowest BCUT2D eigenvalue weighted by molar-refractivity contribution is 0.214. The van der Waals surface area contributed by atoms with Gasteiger partial charge >= 0.3 is 0 Å². The third-order valence-electron chi connectivity index (χ3n) is 2.57. The van der Waals surface area contributed by atoms with Crippen LogP contribution in [-0.4, -0.2) is 6.10 Å². The van der Waals surface area contributed by atoms with Gasteiger partial charge in [0.2, 0.25) is 0 Å². The lowest BCUT2D eigenvalue weighted by Crippen LogP contribution is -2.11. The van der Waals surface area contributed by atoms with Crippen LogP contribution in [0.25, 0.3) is 0 Å². The number of hydrogen-bond acceptors (Lipinski definition) is 1. The fraction of sp³-hybridized carbons (Fsp3) is 0.538. The molecule has 1 atom stereocenters. The van der Waals surface area contributed by atoms with Crippen LogP contribution in [0.4, 0.5) is 0 Å². The fourth-order valence-electron chi connectivity index (χ4n) is 1.44. The Morgan fingerprint density at radius 1 is 1.29 bits per heavy atom. The number of benzene rings is 1. The second kappa shape index (κ2) is 5.04. The summed E-state index contributed by atoms with van der Waals surface area (Å²) >= 11 is 0. The van der Waals surface area contributed by atoms with Crippen molar-refractivity contribution in [1.82, 2.24) is 0 Å². The summed E-state index contributed by atoms with van der Waals surface area (Å²) in [6.45, 7) is 8.54. The minimum absolute atomic E-state index is 0.307. The molecule has 0 radical (unpaired) electrons. The van der Waals surface area contributed by atoms with Crippen LogP contribution in [0.5, 0.6) is 5.75 Å². The lowest BCUT2D eigenvalue weighted by atomic mass is 10.1. The van der Waals surface area contributed by atoms with Crippen molar-refractivity contribution in [3.63, 3.8) is 0 Å². The smallest absolute Gasteiger partial charge is 0.125 e. The minimum Gasteiger partial charge on any atom is -0.490 e. The number of ether oxygens (including phenoxy) is 1. The zero-order valence-corrected chi connectivity index (χ0v) is 9.63. The van der Waals surface area contributed by atoms with E-state index in [1.54, 1.807) is 0 Å². The predicted molar refractivity (Wildman–Crippen MR) is 60.9 cm³/mol. The van der Waals surface area contributed by atoms with Crippen LogP contribution in [-0.2, 0) is 6.42 Å². The molecule has 1 nitrogen and oxygen atoms in total. The highest BCUT2D eigenvalue weighted by Gasteiger charge is 2.08. The van der Waals surface area contributed by atoms with Crippen LogP contribution >= 0.6 is 0 Å². The van der Waals surface area contributed by atoms with Crippen LogP contribution in [0, 0.1) is 6.92 Å². The Morgan fingerprint density at radius 2 is 2.00 bits per heavy atom. The Bertz CT molecular complexity index is 291. The van der Waals surface area contributed by atoms with E-state index >= 15 is 0 Å². The van der Waals surface area contributed by atoms with Gasteiger partial charge in [-0.2, -0.15) is 0 Å². The number of aryl methyl sites for hydroxylation is 2. The Labute approximate surface area is 87.1 Å². The molecule has 0 aliphatic carbocycles. The molecule has 1 aromatic carbocycles. The van der Waals surface area contributed by atoms with E-state index in [9.17, 15) is 0 Å². The molecule has 0 N–H and O–H groups in total. The molecule has 0 heterocycles. The normalized spacial score (nSPS) is 12.6. The second-order valence-electron chi connectivity index (χ2n) is 3.75. The summed E-state index contributed by atoms with van der Waals surface area (Å²) in [4.78, 5) is 0. The van der Waals surface area contributed by atoms with Gasteiger partial charge in [-0.15, -0.1) is 0 Å². The molecule has 1 aromatic rings. The molecular weight excluding hydrogens is 172 g/mol. The van der Waals surface area contributed by atoms with Gasteiger partial charge < -0.3 is 4.74 Å². The van der Waals surface area contributed by atoms with Gasteiger partial charge in [0.05, 0.1) is 6.10 Å². The van der Waals surface area contributed by atoms with E-state index in [1.807, 2.05) is 0 Å². The molecule has 1 heteroatoms. The van der Waals surface area contributed by atoms with Crippen LogP contribution < -0.4 is 4.74 Å². The summed E-state index contributed by atoms with van der Waals surface area (Å²) in [7, 11) is 0. The predicted octanol–water partition coefficient (Wildman–Crippen LogP) is 3.73. The van der Waals surface area contributed by atoms with Crippen molar-refractivity contribution in [1.29, 1.82) is 0 Å². The third kappa shape index (κ3) is 2.50. The molecule has 0 saturated heterocycles. The van der Waals surface area contributed by atoms with Gasteiger partial charge in [-0.1, -0.05) is 32.0 Å². The molecule has 0 spiro atoms. The number of para-hydroxylation sites is 1. The molecule has 0 aliphatic heterocycles. The highest BCUT2D eigenvalue weighted by molar-refractivity contribution is 5.40. The molecule has 1 unspecified atom stereocenters. The lowest BCUT2D eigenvalue weighted by Gasteiger charge is -2.17. The van der Waals surface area contributed by atoms with E-state index < -0.39 is 0 Å². The van der Waals surface area contributed by atoms with Gasteiger partial charge in [0.1, 0.15) is 5.75 Å². The zero-order valence-electron chi connectivity index (χ0n) is 9.63. The second-order valence-corrected chi connectivity index (χ2v) is 3.75. The highest BCUT2D eigenvalue weighted by atomic mass is 16.5. The van der Waals surface area contributed by atoms with Gasteiger partial charge in [0.25, 0.3) is 0 Å². The van der Waals surface area contributed by atoms with Gasteiger partial charge in [-0.25, -0.2) is 0 Å². The molecule has 0 amide bonds. The van der Waals surface area contributed by atoms with Crippen molar-refractivity contribution < 1.29 is 4.74 Å². The van der Waals surface area contributed by atoms with Gasteiger partial charge in [0.15, 0.2) is 0 Å². The van der Waals surface area contributed by atoms with E-state index in [1.165, 1.54) is 11.1 Å². The average molecular weight is 192 g/mol. The molecule has 0 bridgehead atoms. The Balaban J connectivity index is 2.92. The van der Waals surface area contributed by atoms with Crippen LogP contribution in [0.15, 0.2) is 18.2 Å². The zero-order chi connectivity index (χ0) is 10.6. The number of hydrogen-bond donors (Lipinski definition) is 0. The molecule has 0 aliphatic rings. The summed E-state index contributed by atoms with van der Waals surface area (Å²) in [6.07, 6.45) is 2.40. The Kier molecular flexibility index (Phi) is 3.99. The van der Waals surface area contributed by atoms with E-state index in [0.29, 0.717) is 6.10 Å². The molecule has 0 saturated carbocycles. The van der Waals surface area contributed by atoms with Crippen LogP contribution in [0.1, 0.15) is 38.3 Å². The first-order valence-corrected chi connectivity index (χ1v) is 5.44. The molecule has 14 heavy (non-hydrogen) atoms. The van der Waals surface area contributed by atoms with Gasteiger partial charge in [-0.3, -0.25) is 0 Å². The SMILES string of the molecule is CCc1cccc(C)c1OC(C)CC. The quantitative estimate of drug-likeness (QED) is 0.706. The summed E-state index contributed by atoms with van der Waals surface area (Å²) in [5.41, 5.74) is 2.55. The topological polar surface area (TPSA) is 9.23 Å². The maximum Gasteiger partial charge on any atom is 0.125 e. The minimum atomic E-state index is 0.307. The van der Waals surface area contributed by atoms with E-state index in [0.717, 1.165) is 18.6 Å². The van der Waals surface area contributed by atoms with Crippen molar-refractivity contribution in [2.75, 3.05) is 0 Å². The van der Waals surface area contributed by atoms with Crippen molar-refractivity contribution >= 4 is 0 Å². The van der Waals surface area contributed by atoms with Crippen LogP contribution in [0.3, 0.4) is 0 Å². The highest BCUT2D eigenvalue weighted by Crippen LogP contribution is 2.25. The molecule has 78 valence electrons. The first-order valence-electron chi connectivity index (χ1n) is 5.44. The fourth-order valence-corrected chi connectivity index (χ4v) is 1.44. The standard InChI is InChI=1S/C13H20O/c1-5-11(4)14-13-10(3)8-7-9-12(13)6-2/h7-9,11H,5-6H2,1-4H3. The van der Waals surface area contributed by atoms with Crippen molar-refractivity contribution in [2.24, 2.45) is 0 Å². The summed E-state index contributed by atoms with van der Waals surface area (Å²) in [6, 6.07) is 6.35. The van der Waals surface area contributed by atoms with Crippen LogP contribution in [0.2, 0.25) is 0 Å². The molecule has 0 fully saturated rings. The largest absolute Gasteiger partial charge is 0.490 e. The Hall–Kier alpha value is -0.980. The monoisotopic (exact) mass is 192 g/mol. The van der Waals surface area contributed by atoms with E-state index in [2.05, 4.69) is 45.9 Å². The Morgan fingerprint density at radius 3 is 2.57 bits per heavy atom. The third-order valence-corrected chi connectivity index (χ3v) is 2.57. The molecule has 0 aromatic heterocycles.